The highest BCUT2D eigenvalue weighted by atomic mass is 32.2. The SMILES string of the molecule is CN(C(=O)C1CC(=O)N(C(C)(C)C)C1)C1CCS(=O)(=O)C1. The van der Waals surface area contributed by atoms with Gasteiger partial charge in [0.05, 0.1) is 17.4 Å². The van der Waals surface area contributed by atoms with E-state index in [4.69, 9.17) is 0 Å². The van der Waals surface area contributed by atoms with Crippen LogP contribution in [0.3, 0.4) is 0 Å². The van der Waals surface area contributed by atoms with Gasteiger partial charge in [-0.25, -0.2) is 8.42 Å². The van der Waals surface area contributed by atoms with E-state index in [0.29, 0.717) is 13.0 Å². The third-order valence-electron chi connectivity index (χ3n) is 4.39. The number of rotatable bonds is 2. The maximum Gasteiger partial charge on any atom is 0.228 e. The van der Waals surface area contributed by atoms with Crippen LogP contribution >= 0.6 is 0 Å². The molecule has 7 heteroatoms. The lowest BCUT2D eigenvalue weighted by Gasteiger charge is -2.32. The lowest BCUT2D eigenvalue weighted by molar-refractivity contribution is -0.136. The van der Waals surface area contributed by atoms with E-state index in [1.807, 2.05) is 20.8 Å². The summed E-state index contributed by atoms with van der Waals surface area (Å²) in [4.78, 5) is 27.8. The molecule has 2 aliphatic rings. The number of likely N-dealkylation sites (tertiary alicyclic amines) is 1. The molecule has 2 unspecified atom stereocenters. The molecule has 0 saturated carbocycles. The Hall–Kier alpha value is -1.11. The van der Waals surface area contributed by atoms with Crippen molar-refractivity contribution in [3.05, 3.63) is 0 Å². The average molecular weight is 316 g/mol. The monoisotopic (exact) mass is 316 g/mol. The van der Waals surface area contributed by atoms with Crippen LogP contribution in [0.15, 0.2) is 0 Å². The van der Waals surface area contributed by atoms with Crippen molar-refractivity contribution in [2.75, 3.05) is 25.1 Å². The van der Waals surface area contributed by atoms with Crippen LogP contribution in [0.5, 0.6) is 0 Å². The predicted octanol–water partition coefficient (Wildman–Crippen LogP) is 0.279. The standard InChI is InChI=1S/C14H24N2O4S/c1-14(2,3)16-8-10(7-12(16)17)13(18)15(4)11-5-6-21(19,20)9-11/h10-11H,5-9H2,1-4H3. The lowest BCUT2D eigenvalue weighted by Crippen LogP contribution is -2.45. The molecule has 2 rings (SSSR count). The highest BCUT2D eigenvalue weighted by Crippen LogP contribution is 2.28. The zero-order chi connectivity index (χ0) is 16.0. The Kier molecular flexibility index (Phi) is 4.08. The Labute approximate surface area is 126 Å². The quantitative estimate of drug-likeness (QED) is 0.733. The van der Waals surface area contributed by atoms with Gasteiger partial charge in [-0.05, 0) is 27.2 Å². The van der Waals surface area contributed by atoms with Gasteiger partial charge in [0.2, 0.25) is 11.8 Å². The Morgan fingerprint density at radius 1 is 1.33 bits per heavy atom. The van der Waals surface area contributed by atoms with E-state index in [1.54, 1.807) is 11.9 Å². The van der Waals surface area contributed by atoms with Gasteiger partial charge in [0.15, 0.2) is 9.84 Å². The summed E-state index contributed by atoms with van der Waals surface area (Å²) in [5.74, 6) is -0.290. The van der Waals surface area contributed by atoms with Crippen molar-refractivity contribution in [2.45, 2.75) is 45.2 Å². The molecule has 2 saturated heterocycles. The first kappa shape index (κ1) is 16.3. The smallest absolute Gasteiger partial charge is 0.228 e. The summed E-state index contributed by atoms with van der Waals surface area (Å²) in [6, 6.07) is -0.249. The van der Waals surface area contributed by atoms with E-state index < -0.39 is 9.84 Å². The van der Waals surface area contributed by atoms with Crippen LogP contribution in [0.1, 0.15) is 33.6 Å². The van der Waals surface area contributed by atoms with Crippen LogP contribution < -0.4 is 0 Å². The summed E-state index contributed by atoms with van der Waals surface area (Å²) in [7, 11) is -1.36. The molecule has 2 aliphatic heterocycles. The highest BCUT2D eigenvalue weighted by Gasteiger charge is 2.42. The second-order valence-electron chi connectivity index (χ2n) is 7.08. The summed E-state index contributed by atoms with van der Waals surface area (Å²) in [5.41, 5.74) is -0.290. The van der Waals surface area contributed by atoms with Crippen LogP contribution in [-0.4, -0.2) is 66.7 Å². The van der Waals surface area contributed by atoms with Gasteiger partial charge in [0.25, 0.3) is 0 Å². The van der Waals surface area contributed by atoms with Crippen LogP contribution in [0.2, 0.25) is 0 Å². The van der Waals surface area contributed by atoms with E-state index in [-0.39, 0.29) is 47.2 Å². The number of hydrogen-bond donors (Lipinski definition) is 0. The van der Waals surface area contributed by atoms with Crippen molar-refractivity contribution < 1.29 is 18.0 Å². The van der Waals surface area contributed by atoms with Gasteiger partial charge in [-0.2, -0.15) is 0 Å². The Morgan fingerprint density at radius 3 is 2.38 bits per heavy atom. The van der Waals surface area contributed by atoms with Crippen molar-refractivity contribution in [3.63, 3.8) is 0 Å². The van der Waals surface area contributed by atoms with E-state index >= 15 is 0 Å². The van der Waals surface area contributed by atoms with Gasteiger partial charge >= 0.3 is 0 Å². The predicted molar refractivity (Wildman–Crippen MR) is 79.4 cm³/mol. The molecule has 0 aliphatic carbocycles. The van der Waals surface area contributed by atoms with Crippen molar-refractivity contribution in [3.8, 4) is 0 Å². The van der Waals surface area contributed by atoms with E-state index in [2.05, 4.69) is 0 Å². The van der Waals surface area contributed by atoms with Crippen LogP contribution in [0.4, 0.5) is 0 Å². The first-order valence-corrected chi connectivity index (χ1v) is 9.11. The van der Waals surface area contributed by atoms with Crippen molar-refractivity contribution in [1.82, 2.24) is 9.80 Å². The third kappa shape index (κ3) is 3.39. The Bertz CT molecular complexity index is 550. The molecule has 2 heterocycles. The summed E-state index contributed by atoms with van der Waals surface area (Å²) in [6.45, 7) is 6.27. The van der Waals surface area contributed by atoms with Crippen LogP contribution in [-0.2, 0) is 19.4 Å². The van der Waals surface area contributed by atoms with Crippen molar-refractivity contribution in [2.24, 2.45) is 5.92 Å². The zero-order valence-electron chi connectivity index (χ0n) is 13.1. The van der Waals surface area contributed by atoms with Crippen molar-refractivity contribution >= 4 is 21.7 Å². The molecular weight excluding hydrogens is 292 g/mol. The molecule has 2 fully saturated rings. The summed E-state index contributed by atoms with van der Waals surface area (Å²) in [5, 5.41) is 0. The Balaban J connectivity index is 2.03. The number of carbonyl (C=O) groups excluding carboxylic acids is 2. The number of sulfone groups is 1. The molecule has 0 aromatic carbocycles. The molecular formula is C14H24N2O4S. The molecule has 0 bridgehead atoms. The molecule has 120 valence electrons. The second-order valence-corrected chi connectivity index (χ2v) is 9.31. The zero-order valence-corrected chi connectivity index (χ0v) is 13.9. The summed E-state index contributed by atoms with van der Waals surface area (Å²) >= 11 is 0. The number of amides is 2. The third-order valence-corrected chi connectivity index (χ3v) is 6.14. The minimum atomic E-state index is -3.01. The van der Waals surface area contributed by atoms with Gasteiger partial charge in [0.1, 0.15) is 0 Å². The molecule has 2 amide bonds. The second kappa shape index (κ2) is 5.26. The summed E-state index contributed by atoms with van der Waals surface area (Å²) in [6.07, 6.45) is 0.716. The van der Waals surface area contributed by atoms with Gasteiger partial charge in [-0.15, -0.1) is 0 Å². The van der Waals surface area contributed by atoms with Crippen LogP contribution in [0, 0.1) is 5.92 Å². The Morgan fingerprint density at radius 2 is 1.95 bits per heavy atom. The lowest BCUT2D eigenvalue weighted by atomic mass is 10.0. The van der Waals surface area contributed by atoms with E-state index in [9.17, 15) is 18.0 Å². The fourth-order valence-electron chi connectivity index (χ4n) is 3.07. The number of nitrogens with zero attached hydrogens (tertiary/aromatic N) is 2. The van der Waals surface area contributed by atoms with Gasteiger partial charge in [-0.3, -0.25) is 9.59 Å². The number of carbonyl (C=O) groups is 2. The first-order chi connectivity index (χ1) is 9.51. The molecule has 0 radical (unpaired) electrons. The van der Waals surface area contributed by atoms with Gasteiger partial charge < -0.3 is 9.80 Å². The molecule has 21 heavy (non-hydrogen) atoms. The van der Waals surface area contributed by atoms with E-state index in [1.165, 1.54) is 4.90 Å². The maximum atomic E-state index is 12.5. The molecule has 2 atom stereocenters. The fourth-order valence-corrected chi connectivity index (χ4v) is 4.84. The van der Waals surface area contributed by atoms with Crippen LogP contribution in [0.25, 0.3) is 0 Å². The van der Waals surface area contributed by atoms with Gasteiger partial charge in [0, 0.05) is 31.6 Å². The minimum absolute atomic E-state index is 0.00621. The largest absolute Gasteiger partial charge is 0.341 e. The topological polar surface area (TPSA) is 74.8 Å². The average Bonchev–Trinajstić information content (AvgIpc) is 2.89. The number of hydrogen-bond acceptors (Lipinski definition) is 4. The highest BCUT2D eigenvalue weighted by molar-refractivity contribution is 7.91. The van der Waals surface area contributed by atoms with Gasteiger partial charge in [-0.1, -0.05) is 0 Å². The summed E-state index contributed by atoms with van der Waals surface area (Å²) < 4.78 is 23.0. The molecule has 0 spiro atoms. The molecule has 0 aromatic rings. The fraction of sp³-hybridized carbons (Fsp3) is 0.857. The van der Waals surface area contributed by atoms with Crippen molar-refractivity contribution in [1.29, 1.82) is 0 Å². The minimum Gasteiger partial charge on any atom is -0.341 e. The molecule has 6 nitrogen and oxygen atoms in total. The van der Waals surface area contributed by atoms with E-state index in [0.717, 1.165) is 0 Å². The molecule has 0 N–H and O–H groups in total. The normalized spacial score (nSPS) is 29.0. The first-order valence-electron chi connectivity index (χ1n) is 7.29. The molecule has 0 aromatic heterocycles. The maximum absolute atomic E-state index is 12.5.